The number of carbonyl (C=O) groups excluding carboxylic acids is 3. The maximum Gasteiger partial charge on any atom is 0.308 e. The van der Waals surface area contributed by atoms with Crippen LogP contribution in [0.5, 0.6) is 5.75 Å². The number of ether oxygens (including phenoxy) is 1. The zero-order valence-electron chi connectivity index (χ0n) is 15.7. The molecule has 0 bridgehead atoms. The topological polar surface area (TPSA) is 66.9 Å². The van der Waals surface area contributed by atoms with Gasteiger partial charge in [0.1, 0.15) is 5.75 Å². The smallest absolute Gasteiger partial charge is 0.308 e. The molecule has 0 radical (unpaired) electrons. The van der Waals surface area contributed by atoms with E-state index in [1.807, 2.05) is 6.08 Å². The Morgan fingerprint density at radius 1 is 1.04 bits per heavy atom. The second-order valence-corrected chi connectivity index (χ2v) is 7.14. The molecule has 2 amide bonds. The van der Waals surface area contributed by atoms with Gasteiger partial charge in [-0.2, -0.15) is 0 Å². The van der Waals surface area contributed by atoms with Gasteiger partial charge in [0.15, 0.2) is 0 Å². The van der Waals surface area contributed by atoms with Crippen LogP contribution in [0.4, 0.5) is 0 Å². The molecule has 1 saturated carbocycles. The van der Waals surface area contributed by atoms with Crippen molar-refractivity contribution in [3.8, 4) is 5.75 Å². The maximum absolute atomic E-state index is 12.7. The number of allylic oxidation sites excluding steroid dienone is 1. The summed E-state index contributed by atoms with van der Waals surface area (Å²) in [6.07, 6.45) is 8.62. The zero-order chi connectivity index (χ0) is 19.2. The Morgan fingerprint density at radius 2 is 1.70 bits per heavy atom. The standard InChI is InChI=1S/C21H26N2O4/c1-16(24)27-19-8-4-7-18(15-19)21(26)23-13-11-22(12-14-23)20(25)10-9-17-5-2-3-6-17/h4,7-10,15,17H,2-3,5-6,11-14H2,1H3/b10-9+. The number of rotatable bonds is 4. The highest BCUT2D eigenvalue weighted by Gasteiger charge is 2.24. The van der Waals surface area contributed by atoms with E-state index in [2.05, 4.69) is 0 Å². The average Bonchev–Trinajstić information content (AvgIpc) is 3.19. The summed E-state index contributed by atoms with van der Waals surface area (Å²) < 4.78 is 5.04. The van der Waals surface area contributed by atoms with Crippen LogP contribution in [-0.4, -0.2) is 53.8 Å². The summed E-state index contributed by atoms with van der Waals surface area (Å²) in [5, 5.41) is 0. The van der Waals surface area contributed by atoms with E-state index in [1.165, 1.54) is 32.6 Å². The molecule has 2 aliphatic rings. The number of nitrogens with zero attached hydrogens (tertiary/aromatic N) is 2. The molecule has 1 aromatic rings. The molecule has 6 heteroatoms. The summed E-state index contributed by atoms with van der Waals surface area (Å²) in [7, 11) is 0. The third-order valence-corrected chi connectivity index (χ3v) is 5.13. The quantitative estimate of drug-likeness (QED) is 0.464. The van der Waals surface area contributed by atoms with Crippen LogP contribution in [0.15, 0.2) is 36.4 Å². The van der Waals surface area contributed by atoms with Crippen LogP contribution in [0.25, 0.3) is 0 Å². The van der Waals surface area contributed by atoms with Crippen molar-refractivity contribution in [2.45, 2.75) is 32.6 Å². The second-order valence-electron chi connectivity index (χ2n) is 7.14. The number of amides is 2. The van der Waals surface area contributed by atoms with Gasteiger partial charge in [-0.1, -0.05) is 25.0 Å². The molecule has 0 aromatic heterocycles. The van der Waals surface area contributed by atoms with Crippen LogP contribution in [0.1, 0.15) is 43.0 Å². The van der Waals surface area contributed by atoms with E-state index >= 15 is 0 Å². The van der Waals surface area contributed by atoms with E-state index < -0.39 is 5.97 Å². The van der Waals surface area contributed by atoms with Gasteiger partial charge in [-0.15, -0.1) is 0 Å². The van der Waals surface area contributed by atoms with Crippen molar-refractivity contribution < 1.29 is 19.1 Å². The lowest BCUT2D eigenvalue weighted by Gasteiger charge is -2.34. The van der Waals surface area contributed by atoms with Gasteiger partial charge < -0.3 is 14.5 Å². The highest BCUT2D eigenvalue weighted by Crippen LogP contribution is 2.25. The van der Waals surface area contributed by atoms with Crippen molar-refractivity contribution in [2.24, 2.45) is 5.92 Å². The molecule has 0 N–H and O–H groups in total. The Kier molecular flexibility index (Phi) is 6.27. The molecule has 0 spiro atoms. The first kappa shape index (κ1) is 19.1. The van der Waals surface area contributed by atoms with Gasteiger partial charge in [0.05, 0.1) is 0 Å². The van der Waals surface area contributed by atoms with Gasteiger partial charge in [0.25, 0.3) is 5.91 Å². The number of benzene rings is 1. The Hall–Kier alpha value is -2.63. The summed E-state index contributed by atoms with van der Waals surface area (Å²) in [5.41, 5.74) is 0.481. The molecule has 6 nitrogen and oxygen atoms in total. The third-order valence-electron chi connectivity index (χ3n) is 5.13. The van der Waals surface area contributed by atoms with Crippen LogP contribution in [0.2, 0.25) is 0 Å². The fourth-order valence-corrected chi connectivity index (χ4v) is 3.64. The summed E-state index contributed by atoms with van der Waals surface area (Å²) in [4.78, 5) is 39.6. The molecule has 0 atom stereocenters. The normalized spacial score (nSPS) is 18.1. The Bertz CT molecular complexity index is 729. The number of hydrogen-bond donors (Lipinski definition) is 0. The van der Waals surface area contributed by atoms with Crippen molar-refractivity contribution in [2.75, 3.05) is 26.2 Å². The maximum atomic E-state index is 12.7. The predicted octanol–water partition coefficient (Wildman–Crippen LogP) is 2.64. The van der Waals surface area contributed by atoms with Crippen LogP contribution in [-0.2, 0) is 9.59 Å². The van der Waals surface area contributed by atoms with Crippen molar-refractivity contribution in [3.63, 3.8) is 0 Å². The molecule has 1 aromatic carbocycles. The van der Waals surface area contributed by atoms with Crippen molar-refractivity contribution >= 4 is 17.8 Å². The van der Waals surface area contributed by atoms with Crippen molar-refractivity contribution in [1.82, 2.24) is 9.80 Å². The molecule has 27 heavy (non-hydrogen) atoms. The van der Waals surface area contributed by atoms with Gasteiger partial charge in [-0.25, -0.2) is 0 Å². The van der Waals surface area contributed by atoms with Crippen molar-refractivity contribution in [3.05, 3.63) is 42.0 Å². The minimum absolute atomic E-state index is 0.0332. The Morgan fingerprint density at radius 3 is 2.37 bits per heavy atom. The number of carbonyl (C=O) groups is 3. The van der Waals surface area contributed by atoms with Gasteiger partial charge >= 0.3 is 5.97 Å². The molecule has 1 saturated heterocycles. The highest BCUT2D eigenvalue weighted by atomic mass is 16.5. The lowest BCUT2D eigenvalue weighted by atomic mass is 10.1. The van der Waals surface area contributed by atoms with E-state index in [0.717, 1.165) is 0 Å². The molecular formula is C21H26N2O4. The van der Waals surface area contributed by atoms with Crippen molar-refractivity contribution in [1.29, 1.82) is 0 Å². The summed E-state index contributed by atoms with van der Waals surface area (Å²) in [5.74, 6) is 0.404. The Balaban J connectivity index is 1.53. The molecule has 144 valence electrons. The first-order valence-electron chi connectivity index (χ1n) is 9.58. The average molecular weight is 370 g/mol. The second kappa shape index (κ2) is 8.84. The fourth-order valence-electron chi connectivity index (χ4n) is 3.64. The lowest BCUT2D eigenvalue weighted by molar-refractivity contribution is -0.132. The minimum Gasteiger partial charge on any atom is -0.427 e. The predicted molar refractivity (Wildman–Crippen MR) is 101 cm³/mol. The van der Waals surface area contributed by atoms with E-state index in [4.69, 9.17) is 4.74 Å². The molecule has 1 heterocycles. The summed E-state index contributed by atoms with van der Waals surface area (Å²) in [6, 6.07) is 6.62. The molecule has 1 aliphatic carbocycles. The summed E-state index contributed by atoms with van der Waals surface area (Å²) in [6.45, 7) is 3.39. The zero-order valence-corrected chi connectivity index (χ0v) is 15.7. The fraction of sp³-hybridized carbons (Fsp3) is 0.476. The number of esters is 1. The van der Waals surface area contributed by atoms with Crippen LogP contribution in [0.3, 0.4) is 0 Å². The van der Waals surface area contributed by atoms with Crippen LogP contribution >= 0.6 is 0 Å². The molecule has 1 aliphatic heterocycles. The van der Waals surface area contributed by atoms with Gasteiger partial charge in [-0.05, 0) is 43.0 Å². The summed E-state index contributed by atoms with van der Waals surface area (Å²) >= 11 is 0. The molecule has 2 fully saturated rings. The Labute approximate surface area is 159 Å². The molecule has 0 unspecified atom stereocenters. The minimum atomic E-state index is -0.419. The van der Waals surface area contributed by atoms with Gasteiger partial charge in [0, 0.05) is 38.7 Å². The van der Waals surface area contributed by atoms with E-state index in [-0.39, 0.29) is 11.8 Å². The first-order chi connectivity index (χ1) is 13.0. The monoisotopic (exact) mass is 370 g/mol. The largest absolute Gasteiger partial charge is 0.427 e. The van der Waals surface area contributed by atoms with Gasteiger partial charge in [-0.3, -0.25) is 14.4 Å². The van der Waals surface area contributed by atoms with Gasteiger partial charge in [0.2, 0.25) is 5.91 Å². The van der Waals surface area contributed by atoms with E-state index in [0.29, 0.717) is 43.4 Å². The van der Waals surface area contributed by atoms with Crippen LogP contribution < -0.4 is 4.74 Å². The highest BCUT2D eigenvalue weighted by molar-refractivity contribution is 5.95. The first-order valence-corrected chi connectivity index (χ1v) is 9.58. The third kappa shape index (κ3) is 5.18. The van der Waals surface area contributed by atoms with E-state index in [1.54, 1.807) is 40.1 Å². The molecular weight excluding hydrogens is 344 g/mol. The number of hydrogen-bond acceptors (Lipinski definition) is 4. The number of piperazine rings is 1. The lowest BCUT2D eigenvalue weighted by Crippen LogP contribution is -2.50. The van der Waals surface area contributed by atoms with E-state index in [9.17, 15) is 14.4 Å². The SMILES string of the molecule is CC(=O)Oc1cccc(C(=O)N2CCN(C(=O)/C=C/C3CCCC3)CC2)c1. The van der Waals surface area contributed by atoms with Crippen LogP contribution in [0, 0.1) is 5.92 Å². The molecule has 3 rings (SSSR count).